The van der Waals surface area contributed by atoms with Gasteiger partial charge in [0.15, 0.2) is 5.65 Å². The molecule has 0 radical (unpaired) electrons. The summed E-state index contributed by atoms with van der Waals surface area (Å²) in [5.74, 6) is 2.28. The lowest BCUT2D eigenvalue weighted by Crippen LogP contribution is -2.28. The molecule has 0 atom stereocenters. The Balaban J connectivity index is 1.80. The van der Waals surface area contributed by atoms with Crippen LogP contribution in [0.3, 0.4) is 0 Å². The monoisotopic (exact) mass is 408 g/mol. The molecule has 1 fully saturated rings. The summed E-state index contributed by atoms with van der Waals surface area (Å²) in [6, 6.07) is 7.37. The molecule has 0 amide bonds. The first-order valence-electron chi connectivity index (χ1n) is 10.8. The van der Waals surface area contributed by atoms with E-state index in [2.05, 4.69) is 41.0 Å². The molecule has 0 saturated carbocycles. The number of phenolic OH excluding ortho intramolecular Hbond substituents is 1. The Hall–Kier alpha value is -2.67. The number of hydrogen-bond donors (Lipinski definition) is 3. The molecule has 160 valence electrons. The fourth-order valence-corrected chi connectivity index (χ4v) is 4.09. The number of aromatic nitrogens is 4. The molecule has 3 heterocycles. The fourth-order valence-electron chi connectivity index (χ4n) is 4.09. The highest BCUT2D eigenvalue weighted by atomic mass is 16.3. The van der Waals surface area contributed by atoms with Crippen molar-refractivity contribution >= 4 is 17.1 Å². The number of rotatable bonds is 5. The van der Waals surface area contributed by atoms with E-state index in [-0.39, 0.29) is 11.3 Å². The van der Waals surface area contributed by atoms with Crippen molar-refractivity contribution in [2.45, 2.75) is 59.0 Å². The maximum absolute atomic E-state index is 10.5. The Bertz CT molecular complexity index is 1030. The van der Waals surface area contributed by atoms with Gasteiger partial charge in [0, 0.05) is 12.1 Å². The van der Waals surface area contributed by atoms with E-state index in [0.29, 0.717) is 11.9 Å². The van der Waals surface area contributed by atoms with Crippen LogP contribution in [0.5, 0.6) is 5.75 Å². The molecule has 0 bridgehead atoms. The number of nitrogens with one attached hydrogen (secondary N) is 2. The Morgan fingerprint density at radius 3 is 2.57 bits per heavy atom. The third-order valence-electron chi connectivity index (χ3n) is 5.62. The van der Waals surface area contributed by atoms with Crippen LogP contribution in [-0.4, -0.2) is 43.3 Å². The Labute approximate surface area is 178 Å². The topological polar surface area (TPSA) is 87.9 Å². The number of aromatic hydroxyl groups is 1. The number of aryl methyl sites for hydroxylation is 2. The average Bonchev–Trinajstić information content (AvgIpc) is 3.05. The van der Waals surface area contributed by atoms with E-state index in [4.69, 9.17) is 9.97 Å². The minimum Gasteiger partial charge on any atom is -0.507 e. The van der Waals surface area contributed by atoms with Crippen LogP contribution in [0.1, 0.15) is 45.7 Å². The van der Waals surface area contributed by atoms with Crippen molar-refractivity contribution in [1.82, 2.24) is 24.8 Å². The number of nitrogens with zero attached hydrogens (tertiary/aromatic N) is 4. The van der Waals surface area contributed by atoms with Gasteiger partial charge in [-0.05, 0) is 78.1 Å². The molecule has 2 aromatic heterocycles. The Morgan fingerprint density at radius 2 is 1.87 bits per heavy atom. The largest absolute Gasteiger partial charge is 0.507 e. The molecule has 0 aliphatic carbocycles. The second kappa shape index (κ2) is 8.22. The van der Waals surface area contributed by atoms with Crippen molar-refractivity contribution in [1.29, 1.82) is 0 Å². The first kappa shape index (κ1) is 20.6. The molecular formula is C23H32N6O. The fraction of sp³-hybridized carbons (Fsp3) is 0.522. The van der Waals surface area contributed by atoms with E-state index in [1.807, 2.05) is 25.1 Å². The number of benzene rings is 1. The van der Waals surface area contributed by atoms with Gasteiger partial charge in [0.1, 0.15) is 17.1 Å². The van der Waals surface area contributed by atoms with Crippen LogP contribution < -0.4 is 10.6 Å². The minimum absolute atomic E-state index is 0.138. The number of imidazole rings is 1. The maximum atomic E-state index is 10.5. The molecule has 0 unspecified atom stereocenters. The van der Waals surface area contributed by atoms with Crippen LogP contribution in [0.4, 0.5) is 5.95 Å². The number of para-hydroxylation sites is 1. The van der Waals surface area contributed by atoms with Gasteiger partial charge in [0.25, 0.3) is 0 Å². The highest BCUT2D eigenvalue weighted by Crippen LogP contribution is 2.32. The second-order valence-electron chi connectivity index (χ2n) is 9.27. The van der Waals surface area contributed by atoms with Crippen LogP contribution in [-0.2, 0) is 6.54 Å². The molecule has 7 heteroatoms. The highest BCUT2D eigenvalue weighted by Gasteiger charge is 2.22. The first-order valence-corrected chi connectivity index (χ1v) is 10.8. The minimum atomic E-state index is -0.138. The Kier molecular flexibility index (Phi) is 5.64. The molecule has 0 spiro atoms. The van der Waals surface area contributed by atoms with Gasteiger partial charge in [0.2, 0.25) is 5.95 Å². The van der Waals surface area contributed by atoms with Gasteiger partial charge >= 0.3 is 0 Å². The summed E-state index contributed by atoms with van der Waals surface area (Å²) >= 11 is 0. The summed E-state index contributed by atoms with van der Waals surface area (Å²) in [6.07, 6.45) is 3.46. The predicted octanol–water partition coefficient (Wildman–Crippen LogP) is 4.11. The number of fused-ring (bicyclic) bond motifs is 1. The van der Waals surface area contributed by atoms with Crippen molar-refractivity contribution in [3.05, 3.63) is 30.0 Å². The van der Waals surface area contributed by atoms with Crippen LogP contribution in [0.25, 0.3) is 22.6 Å². The predicted molar refractivity (Wildman–Crippen MR) is 121 cm³/mol. The summed E-state index contributed by atoms with van der Waals surface area (Å²) < 4.78 is 2.16. The third-order valence-corrected chi connectivity index (χ3v) is 5.62. The summed E-state index contributed by atoms with van der Waals surface area (Å²) in [5, 5.41) is 17.3. The SMILES string of the molecule is Cc1nc(NC(C)(C)C)nc2c1nc(-c1ccccc1O)n2CCC1CCNCC1. The first-order chi connectivity index (χ1) is 14.3. The van der Waals surface area contributed by atoms with Crippen molar-refractivity contribution < 1.29 is 5.11 Å². The Morgan fingerprint density at radius 1 is 1.13 bits per heavy atom. The molecular weight excluding hydrogens is 376 g/mol. The van der Waals surface area contributed by atoms with Gasteiger partial charge in [-0.25, -0.2) is 9.97 Å². The summed E-state index contributed by atoms with van der Waals surface area (Å²) in [6.45, 7) is 11.2. The lowest BCUT2D eigenvalue weighted by molar-refractivity contribution is 0.339. The van der Waals surface area contributed by atoms with E-state index < -0.39 is 0 Å². The van der Waals surface area contributed by atoms with E-state index in [0.717, 1.165) is 54.3 Å². The molecule has 3 aromatic rings. The van der Waals surface area contributed by atoms with Crippen LogP contribution >= 0.6 is 0 Å². The van der Waals surface area contributed by atoms with Crippen molar-refractivity contribution in [3.63, 3.8) is 0 Å². The number of hydrogen-bond acceptors (Lipinski definition) is 6. The molecule has 30 heavy (non-hydrogen) atoms. The number of phenols is 1. The van der Waals surface area contributed by atoms with Crippen LogP contribution in [0, 0.1) is 12.8 Å². The lowest BCUT2D eigenvalue weighted by Gasteiger charge is -2.23. The van der Waals surface area contributed by atoms with Crippen molar-refractivity contribution in [2.24, 2.45) is 5.92 Å². The molecule has 7 nitrogen and oxygen atoms in total. The molecule has 3 N–H and O–H groups in total. The highest BCUT2D eigenvalue weighted by molar-refractivity contribution is 5.81. The third kappa shape index (κ3) is 4.41. The molecule has 1 aliphatic heterocycles. The van der Waals surface area contributed by atoms with Crippen LogP contribution in [0.2, 0.25) is 0 Å². The summed E-state index contributed by atoms with van der Waals surface area (Å²) in [4.78, 5) is 14.4. The maximum Gasteiger partial charge on any atom is 0.225 e. The molecule has 4 rings (SSSR count). The molecule has 1 aliphatic rings. The van der Waals surface area contributed by atoms with Crippen molar-refractivity contribution in [2.75, 3.05) is 18.4 Å². The van der Waals surface area contributed by atoms with Gasteiger partial charge in [-0.15, -0.1) is 0 Å². The summed E-state index contributed by atoms with van der Waals surface area (Å²) in [7, 11) is 0. The average molecular weight is 409 g/mol. The smallest absolute Gasteiger partial charge is 0.225 e. The van der Waals surface area contributed by atoms with Gasteiger partial charge in [-0.3, -0.25) is 0 Å². The zero-order valence-electron chi connectivity index (χ0n) is 18.4. The van der Waals surface area contributed by atoms with E-state index >= 15 is 0 Å². The quantitative estimate of drug-likeness (QED) is 0.589. The van der Waals surface area contributed by atoms with Gasteiger partial charge in [-0.1, -0.05) is 12.1 Å². The zero-order valence-corrected chi connectivity index (χ0v) is 18.4. The molecule has 1 saturated heterocycles. The van der Waals surface area contributed by atoms with E-state index in [9.17, 15) is 5.11 Å². The number of anilines is 1. The normalized spacial score (nSPS) is 15.6. The van der Waals surface area contributed by atoms with E-state index in [1.54, 1.807) is 6.07 Å². The van der Waals surface area contributed by atoms with Gasteiger partial charge < -0.3 is 20.3 Å². The standard InChI is InChI=1S/C23H32N6O/c1-15-19-21(27-22(25-15)28-23(2,3)4)29(14-11-16-9-12-24-13-10-16)20(26-19)17-7-5-6-8-18(17)30/h5-8,16,24,30H,9-14H2,1-4H3,(H,25,27,28). The number of piperidine rings is 1. The van der Waals surface area contributed by atoms with Crippen molar-refractivity contribution in [3.8, 4) is 17.1 Å². The van der Waals surface area contributed by atoms with E-state index in [1.165, 1.54) is 12.8 Å². The van der Waals surface area contributed by atoms with Gasteiger partial charge in [-0.2, -0.15) is 4.98 Å². The van der Waals surface area contributed by atoms with Crippen LogP contribution in [0.15, 0.2) is 24.3 Å². The molecule has 1 aromatic carbocycles. The second-order valence-corrected chi connectivity index (χ2v) is 9.27. The zero-order chi connectivity index (χ0) is 21.3. The van der Waals surface area contributed by atoms with Gasteiger partial charge in [0.05, 0.1) is 11.3 Å². The summed E-state index contributed by atoms with van der Waals surface area (Å²) in [5.41, 5.74) is 3.04. The lowest BCUT2D eigenvalue weighted by atomic mass is 9.95.